The molecule has 0 spiro atoms. The van der Waals surface area contributed by atoms with E-state index in [-0.39, 0.29) is 0 Å². The van der Waals surface area contributed by atoms with Gasteiger partial charge in [0.1, 0.15) is 0 Å². The van der Waals surface area contributed by atoms with Gasteiger partial charge < -0.3 is 4.90 Å². The van der Waals surface area contributed by atoms with Crippen LogP contribution < -0.4 is 4.90 Å². The van der Waals surface area contributed by atoms with E-state index in [0.29, 0.717) is 5.92 Å². The quantitative estimate of drug-likeness (QED) is 0.742. The molecule has 0 bridgehead atoms. The minimum Gasteiger partial charge on any atom is -0.341 e. The Bertz CT molecular complexity index is 318. The summed E-state index contributed by atoms with van der Waals surface area (Å²) >= 11 is 0. The Morgan fingerprint density at radius 3 is 2.47 bits per heavy atom. The normalized spacial score (nSPS) is 21.3. The van der Waals surface area contributed by atoms with Gasteiger partial charge in [-0.2, -0.15) is 0 Å². The van der Waals surface area contributed by atoms with Gasteiger partial charge in [0.25, 0.3) is 0 Å². The second-order valence-electron chi connectivity index (χ2n) is 4.81. The molecule has 1 fully saturated rings. The first-order valence-electron chi connectivity index (χ1n) is 5.73. The van der Waals surface area contributed by atoms with Crippen molar-refractivity contribution in [1.29, 1.82) is 0 Å². The van der Waals surface area contributed by atoms with Crippen molar-refractivity contribution in [3.05, 3.63) is 18.0 Å². The zero-order chi connectivity index (χ0) is 10.8. The molecule has 0 N–H and O–H groups in total. The first-order valence-corrected chi connectivity index (χ1v) is 5.73. The summed E-state index contributed by atoms with van der Waals surface area (Å²) in [4.78, 5) is 11.1. The monoisotopic (exact) mass is 205 g/mol. The fourth-order valence-corrected chi connectivity index (χ4v) is 1.91. The van der Waals surface area contributed by atoms with E-state index in [9.17, 15) is 0 Å². The largest absolute Gasteiger partial charge is 0.341 e. The fraction of sp³-hybridized carbons (Fsp3) is 0.667. The SMILES string of the molecule is CC1CCN(c2ncc(C(C)C)cn2)C1. The number of aromatic nitrogens is 2. The van der Waals surface area contributed by atoms with Crippen molar-refractivity contribution in [3.63, 3.8) is 0 Å². The predicted octanol–water partition coefficient (Wildman–Crippen LogP) is 2.45. The Morgan fingerprint density at radius 2 is 2.00 bits per heavy atom. The molecule has 15 heavy (non-hydrogen) atoms. The zero-order valence-corrected chi connectivity index (χ0v) is 9.77. The third kappa shape index (κ3) is 2.28. The Kier molecular flexibility index (Phi) is 2.89. The van der Waals surface area contributed by atoms with Crippen LogP contribution in [0.25, 0.3) is 0 Å². The molecule has 1 saturated heterocycles. The molecule has 0 aromatic carbocycles. The molecule has 2 heterocycles. The van der Waals surface area contributed by atoms with Crippen LogP contribution in [0.4, 0.5) is 5.95 Å². The Balaban J connectivity index is 2.10. The molecule has 1 aliphatic rings. The first kappa shape index (κ1) is 10.4. The van der Waals surface area contributed by atoms with Crippen molar-refractivity contribution in [3.8, 4) is 0 Å². The van der Waals surface area contributed by atoms with Crippen molar-refractivity contribution < 1.29 is 0 Å². The van der Waals surface area contributed by atoms with Crippen LogP contribution in [-0.2, 0) is 0 Å². The standard InChI is InChI=1S/C12H19N3/c1-9(2)11-6-13-12(14-7-11)15-5-4-10(3)8-15/h6-7,9-10H,4-5,8H2,1-3H3. The van der Waals surface area contributed by atoms with Gasteiger partial charge in [0.15, 0.2) is 0 Å². The summed E-state index contributed by atoms with van der Waals surface area (Å²) in [5.41, 5.74) is 1.21. The van der Waals surface area contributed by atoms with Crippen LogP contribution in [0.3, 0.4) is 0 Å². The number of nitrogens with zero attached hydrogens (tertiary/aromatic N) is 3. The number of anilines is 1. The van der Waals surface area contributed by atoms with E-state index >= 15 is 0 Å². The van der Waals surface area contributed by atoms with Gasteiger partial charge in [-0.25, -0.2) is 9.97 Å². The lowest BCUT2D eigenvalue weighted by molar-refractivity contribution is 0.658. The van der Waals surface area contributed by atoms with Crippen LogP contribution in [-0.4, -0.2) is 23.1 Å². The van der Waals surface area contributed by atoms with E-state index in [2.05, 4.69) is 35.6 Å². The highest BCUT2D eigenvalue weighted by Crippen LogP contribution is 2.20. The Labute approximate surface area is 91.5 Å². The Hall–Kier alpha value is -1.12. The summed E-state index contributed by atoms with van der Waals surface area (Å²) in [7, 11) is 0. The molecule has 1 aromatic heterocycles. The van der Waals surface area contributed by atoms with Crippen molar-refractivity contribution >= 4 is 5.95 Å². The molecular weight excluding hydrogens is 186 g/mol. The lowest BCUT2D eigenvalue weighted by atomic mass is 10.1. The predicted molar refractivity (Wildman–Crippen MR) is 62.1 cm³/mol. The highest BCUT2D eigenvalue weighted by atomic mass is 15.3. The van der Waals surface area contributed by atoms with E-state index < -0.39 is 0 Å². The molecular formula is C12H19N3. The molecule has 0 aliphatic carbocycles. The maximum Gasteiger partial charge on any atom is 0.225 e. The van der Waals surface area contributed by atoms with E-state index in [1.165, 1.54) is 12.0 Å². The second kappa shape index (κ2) is 4.17. The second-order valence-corrected chi connectivity index (χ2v) is 4.81. The van der Waals surface area contributed by atoms with Crippen molar-refractivity contribution in [2.24, 2.45) is 5.92 Å². The molecule has 3 heteroatoms. The summed E-state index contributed by atoms with van der Waals surface area (Å²) in [5.74, 6) is 2.18. The number of hydrogen-bond donors (Lipinski definition) is 0. The van der Waals surface area contributed by atoms with Crippen LogP contribution in [0.1, 0.15) is 38.7 Å². The lowest BCUT2D eigenvalue weighted by Gasteiger charge is -2.15. The summed E-state index contributed by atoms with van der Waals surface area (Å²) in [6, 6.07) is 0. The average molecular weight is 205 g/mol. The number of hydrogen-bond acceptors (Lipinski definition) is 3. The van der Waals surface area contributed by atoms with Gasteiger partial charge in [0.2, 0.25) is 5.95 Å². The minimum atomic E-state index is 0.511. The van der Waals surface area contributed by atoms with Gasteiger partial charge in [0, 0.05) is 25.5 Å². The molecule has 1 atom stereocenters. The third-order valence-corrected chi connectivity index (χ3v) is 3.03. The summed E-state index contributed by atoms with van der Waals surface area (Å²) < 4.78 is 0. The van der Waals surface area contributed by atoms with Crippen LogP contribution in [0, 0.1) is 5.92 Å². The van der Waals surface area contributed by atoms with Crippen molar-refractivity contribution in [1.82, 2.24) is 9.97 Å². The fourth-order valence-electron chi connectivity index (χ4n) is 1.91. The molecule has 2 rings (SSSR count). The van der Waals surface area contributed by atoms with Gasteiger partial charge in [-0.1, -0.05) is 20.8 Å². The summed E-state index contributed by atoms with van der Waals surface area (Å²) in [6.07, 6.45) is 5.17. The highest BCUT2D eigenvalue weighted by Gasteiger charge is 2.20. The van der Waals surface area contributed by atoms with Crippen LogP contribution >= 0.6 is 0 Å². The van der Waals surface area contributed by atoms with E-state index in [0.717, 1.165) is 25.0 Å². The molecule has 82 valence electrons. The molecule has 1 aliphatic heterocycles. The van der Waals surface area contributed by atoms with Gasteiger partial charge in [-0.05, 0) is 23.8 Å². The van der Waals surface area contributed by atoms with E-state index in [1.807, 2.05) is 12.4 Å². The van der Waals surface area contributed by atoms with Gasteiger partial charge in [-0.3, -0.25) is 0 Å². The summed E-state index contributed by atoms with van der Waals surface area (Å²) in [6.45, 7) is 8.80. The third-order valence-electron chi connectivity index (χ3n) is 3.03. The molecule has 1 aromatic rings. The number of rotatable bonds is 2. The topological polar surface area (TPSA) is 29.0 Å². The Morgan fingerprint density at radius 1 is 1.33 bits per heavy atom. The van der Waals surface area contributed by atoms with Crippen LogP contribution in [0.15, 0.2) is 12.4 Å². The average Bonchev–Trinajstić information content (AvgIpc) is 2.65. The first-order chi connectivity index (χ1) is 7.16. The highest BCUT2D eigenvalue weighted by molar-refractivity contribution is 5.31. The smallest absolute Gasteiger partial charge is 0.225 e. The molecule has 0 radical (unpaired) electrons. The van der Waals surface area contributed by atoms with Gasteiger partial charge in [-0.15, -0.1) is 0 Å². The van der Waals surface area contributed by atoms with E-state index in [4.69, 9.17) is 0 Å². The van der Waals surface area contributed by atoms with Gasteiger partial charge >= 0.3 is 0 Å². The van der Waals surface area contributed by atoms with Crippen molar-refractivity contribution in [2.75, 3.05) is 18.0 Å². The van der Waals surface area contributed by atoms with Crippen LogP contribution in [0.5, 0.6) is 0 Å². The van der Waals surface area contributed by atoms with Gasteiger partial charge in [0.05, 0.1) is 0 Å². The molecule has 1 unspecified atom stereocenters. The minimum absolute atomic E-state index is 0.511. The molecule has 3 nitrogen and oxygen atoms in total. The maximum atomic E-state index is 4.43. The summed E-state index contributed by atoms with van der Waals surface area (Å²) in [5, 5.41) is 0. The molecule has 0 saturated carbocycles. The zero-order valence-electron chi connectivity index (χ0n) is 9.77. The maximum absolute atomic E-state index is 4.43. The van der Waals surface area contributed by atoms with Crippen LogP contribution in [0.2, 0.25) is 0 Å². The molecule has 0 amide bonds. The van der Waals surface area contributed by atoms with Crippen molar-refractivity contribution in [2.45, 2.75) is 33.1 Å². The van der Waals surface area contributed by atoms with E-state index in [1.54, 1.807) is 0 Å². The lowest BCUT2D eigenvalue weighted by Crippen LogP contribution is -2.21.